The summed E-state index contributed by atoms with van der Waals surface area (Å²) in [6, 6.07) is 3.35. The van der Waals surface area contributed by atoms with Crippen LogP contribution in [0.2, 0.25) is 0 Å². The number of aryl methyl sites for hydroxylation is 1. The average molecular weight is 315 g/mol. The zero-order chi connectivity index (χ0) is 12.4. The normalized spacial score (nSPS) is 12.5. The molecule has 0 saturated carbocycles. The maximum atomic E-state index is 13.5. The van der Waals surface area contributed by atoms with E-state index >= 15 is 0 Å². The van der Waals surface area contributed by atoms with Crippen molar-refractivity contribution in [1.29, 1.82) is 0 Å². The van der Waals surface area contributed by atoms with Crippen LogP contribution in [0.4, 0.5) is 10.1 Å². The lowest BCUT2D eigenvalue weighted by molar-refractivity contribution is 0.620. The number of nitrogens with zero attached hydrogens (tertiary/aromatic N) is 1. The Labute approximate surface area is 112 Å². The summed E-state index contributed by atoms with van der Waals surface area (Å²) >= 11 is 4.76. The van der Waals surface area contributed by atoms with Crippen molar-refractivity contribution < 1.29 is 4.39 Å². The molecule has 0 saturated heterocycles. The third kappa shape index (κ3) is 2.84. The first kappa shape index (κ1) is 12.5. The lowest BCUT2D eigenvalue weighted by Gasteiger charge is -2.15. The van der Waals surface area contributed by atoms with Crippen molar-refractivity contribution in [3.05, 3.63) is 44.6 Å². The van der Waals surface area contributed by atoms with E-state index in [-0.39, 0.29) is 11.9 Å². The van der Waals surface area contributed by atoms with Gasteiger partial charge in [0.15, 0.2) is 0 Å². The van der Waals surface area contributed by atoms with Gasteiger partial charge in [0.25, 0.3) is 0 Å². The highest BCUT2D eigenvalue weighted by Crippen LogP contribution is 2.27. The van der Waals surface area contributed by atoms with Crippen LogP contribution >= 0.6 is 27.3 Å². The first-order valence-corrected chi connectivity index (χ1v) is 6.86. The van der Waals surface area contributed by atoms with Gasteiger partial charge < -0.3 is 5.32 Å². The van der Waals surface area contributed by atoms with Crippen LogP contribution in [0.3, 0.4) is 0 Å². The van der Waals surface area contributed by atoms with Crippen LogP contribution in [-0.4, -0.2) is 4.98 Å². The van der Waals surface area contributed by atoms with Gasteiger partial charge in [0, 0.05) is 17.3 Å². The number of nitrogens with one attached hydrogen (secondary N) is 1. The van der Waals surface area contributed by atoms with Gasteiger partial charge in [-0.2, -0.15) is 0 Å². The van der Waals surface area contributed by atoms with Crippen LogP contribution in [0, 0.1) is 12.7 Å². The minimum atomic E-state index is -0.260. The zero-order valence-corrected chi connectivity index (χ0v) is 11.9. The molecule has 1 N–H and O–H groups in total. The van der Waals surface area contributed by atoms with Crippen LogP contribution in [0.1, 0.15) is 23.5 Å². The number of halogens is 2. The monoisotopic (exact) mass is 314 g/mol. The fourth-order valence-corrected chi connectivity index (χ4v) is 2.65. The van der Waals surface area contributed by atoms with Gasteiger partial charge >= 0.3 is 0 Å². The standard InChI is InChI=1S/C12H12BrFN2S/c1-7-5-9(13)10(14)6-11(7)16-8(2)12-15-3-4-17-12/h3-6,8,16H,1-2H3. The third-order valence-corrected chi connectivity index (χ3v) is 4.03. The van der Waals surface area contributed by atoms with E-state index in [2.05, 4.69) is 26.2 Å². The van der Waals surface area contributed by atoms with Gasteiger partial charge in [-0.15, -0.1) is 11.3 Å². The SMILES string of the molecule is Cc1cc(Br)c(F)cc1NC(C)c1nccs1. The third-order valence-electron chi connectivity index (χ3n) is 2.46. The molecule has 2 aromatic rings. The number of thiazole rings is 1. The van der Waals surface area contributed by atoms with E-state index in [9.17, 15) is 4.39 Å². The molecule has 5 heteroatoms. The number of benzene rings is 1. The van der Waals surface area contributed by atoms with Crippen molar-refractivity contribution in [3.8, 4) is 0 Å². The van der Waals surface area contributed by atoms with E-state index in [1.165, 1.54) is 6.07 Å². The Hall–Kier alpha value is -0.940. The first-order valence-electron chi connectivity index (χ1n) is 5.19. The Kier molecular flexibility index (Phi) is 3.79. The second kappa shape index (κ2) is 5.14. The molecule has 0 spiro atoms. The van der Waals surface area contributed by atoms with Crippen molar-refractivity contribution in [1.82, 2.24) is 4.98 Å². The van der Waals surface area contributed by atoms with E-state index in [1.54, 1.807) is 23.6 Å². The molecule has 1 unspecified atom stereocenters. The van der Waals surface area contributed by atoms with Crippen molar-refractivity contribution in [3.63, 3.8) is 0 Å². The molecule has 0 fully saturated rings. The maximum Gasteiger partial charge on any atom is 0.139 e. The zero-order valence-electron chi connectivity index (χ0n) is 9.50. The summed E-state index contributed by atoms with van der Waals surface area (Å²) in [6.07, 6.45) is 1.77. The van der Waals surface area contributed by atoms with Gasteiger partial charge in [0.05, 0.1) is 10.5 Å². The van der Waals surface area contributed by atoms with E-state index in [1.807, 2.05) is 19.2 Å². The van der Waals surface area contributed by atoms with Crippen molar-refractivity contribution in [2.45, 2.75) is 19.9 Å². The Morgan fingerprint density at radius 1 is 1.47 bits per heavy atom. The highest BCUT2D eigenvalue weighted by Gasteiger charge is 2.11. The molecule has 2 nitrogen and oxygen atoms in total. The molecule has 0 radical (unpaired) electrons. The highest BCUT2D eigenvalue weighted by atomic mass is 79.9. The average Bonchev–Trinajstić information content (AvgIpc) is 2.79. The summed E-state index contributed by atoms with van der Waals surface area (Å²) in [6.45, 7) is 3.96. The van der Waals surface area contributed by atoms with Crippen LogP contribution in [-0.2, 0) is 0 Å². The van der Waals surface area contributed by atoms with Crippen LogP contribution < -0.4 is 5.32 Å². The van der Waals surface area contributed by atoms with Crippen LogP contribution in [0.5, 0.6) is 0 Å². The summed E-state index contributed by atoms with van der Waals surface area (Å²) in [5.74, 6) is -0.260. The predicted octanol–water partition coefficient (Wildman–Crippen LogP) is 4.53. The molecule has 1 atom stereocenters. The molecule has 2 rings (SSSR count). The number of rotatable bonds is 3. The molecule has 1 heterocycles. The van der Waals surface area contributed by atoms with Crippen molar-refractivity contribution >= 4 is 33.0 Å². The Morgan fingerprint density at radius 2 is 2.24 bits per heavy atom. The second-order valence-electron chi connectivity index (χ2n) is 3.82. The van der Waals surface area contributed by atoms with E-state index in [4.69, 9.17) is 0 Å². The van der Waals surface area contributed by atoms with Gasteiger partial charge in [-0.3, -0.25) is 0 Å². The summed E-state index contributed by atoms with van der Waals surface area (Å²) < 4.78 is 13.9. The topological polar surface area (TPSA) is 24.9 Å². The molecule has 1 aromatic heterocycles. The van der Waals surface area contributed by atoms with Crippen LogP contribution in [0.25, 0.3) is 0 Å². The number of hydrogen-bond acceptors (Lipinski definition) is 3. The summed E-state index contributed by atoms with van der Waals surface area (Å²) in [4.78, 5) is 4.23. The van der Waals surface area contributed by atoms with Gasteiger partial charge in [-0.1, -0.05) is 0 Å². The summed E-state index contributed by atoms with van der Waals surface area (Å²) in [7, 11) is 0. The predicted molar refractivity (Wildman–Crippen MR) is 73.0 cm³/mol. The quantitative estimate of drug-likeness (QED) is 0.900. The molecular weight excluding hydrogens is 303 g/mol. The fourth-order valence-electron chi connectivity index (χ4n) is 1.55. The molecule has 0 aliphatic rings. The summed E-state index contributed by atoms with van der Waals surface area (Å²) in [5, 5.41) is 6.19. The maximum absolute atomic E-state index is 13.5. The minimum Gasteiger partial charge on any atom is -0.376 e. The molecule has 0 bridgehead atoms. The van der Waals surface area contributed by atoms with Crippen LogP contribution in [0.15, 0.2) is 28.2 Å². The lowest BCUT2D eigenvalue weighted by Crippen LogP contribution is -2.07. The number of hydrogen-bond donors (Lipinski definition) is 1. The summed E-state index contributed by atoms with van der Waals surface area (Å²) in [5.41, 5.74) is 1.80. The molecule has 1 aromatic carbocycles. The van der Waals surface area contributed by atoms with E-state index < -0.39 is 0 Å². The van der Waals surface area contributed by atoms with E-state index in [0.717, 1.165) is 16.3 Å². The van der Waals surface area contributed by atoms with Crippen molar-refractivity contribution in [2.75, 3.05) is 5.32 Å². The molecule has 0 amide bonds. The molecule has 0 aliphatic carbocycles. The van der Waals surface area contributed by atoms with Crippen molar-refractivity contribution in [2.24, 2.45) is 0 Å². The molecule has 17 heavy (non-hydrogen) atoms. The lowest BCUT2D eigenvalue weighted by atomic mass is 10.2. The smallest absolute Gasteiger partial charge is 0.139 e. The van der Waals surface area contributed by atoms with Gasteiger partial charge in [-0.25, -0.2) is 9.37 Å². The number of anilines is 1. The number of aromatic nitrogens is 1. The van der Waals surface area contributed by atoms with E-state index in [0.29, 0.717) is 4.47 Å². The highest BCUT2D eigenvalue weighted by molar-refractivity contribution is 9.10. The Morgan fingerprint density at radius 3 is 2.88 bits per heavy atom. The second-order valence-corrected chi connectivity index (χ2v) is 5.60. The van der Waals surface area contributed by atoms with Gasteiger partial charge in [0.1, 0.15) is 10.8 Å². The Balaban J connectivity index is 2.22. The molecule has 0 aliphatic heterocycles. The Bertz CT molecular complexity index is 513. The first-order chi connectivity index (χ1) is 8.08. The minimum absolute atomic E-state index is 0.0780. The fraction of sp³-hybridized carbons (Fsp3) is 0.250. The van der Waals surface area contributed by atoms with Gasteiger partial charge in [0.2, 0.25) is 0 Å². The molecular formula is C12H12BrFN2S. The largest absolute Gasteiger partial charge is 0.376 e. The molecule has 90 valence electrons. The van der Waals surface area contributed by atoms with Gasteiger partial charge in [-0.05, 0) is 47.5 Å².